The van der Waals surface area contributed by atoms with Gasteiger partial charge in [0.15, 0.2) is 0 Å². The summed E-state index contributed by atoms with van der Waals surface area (Å²) in [4.78, 5) is 11.8. The van der Waals surface area contributed by atoms with Crippen LogP contribution in [0.15, 0.2) is 23.1 Å². The Bertz CT molecular complexity index is 377. The maximum atomic E-state index is 11.1. The molecule has 0 amide bonds. The second-order valence-electron chi connectivity index (χ2n) is 3.72. The van der Waals surface area contributed by atoms with Crippen molar-refractivity contribution in [2.45, 2.75) is 31.1 Å². The normalized spacial score (nSPS) is 10.2. The molecule has 1 N–H and O–H groups in total. The van der Waals surface area contributed by atoms with Gasteiger partial charge in [-0.3, -0.25) is 0 Å². The highest BCUT2D eigenvalue weighted by molar-refractivity contribution is 7.99. The molecule has 0 saturated carbocycles. The summed E-state index contributed by atoms with van der Waals surface area (Å²) in [6.45, 7) is 2.15. The average molecular weight is 254 g/mol. The second kappa shape index (κ2) is 7.22. The number of hydrogen-bond donors (Lipinski definition) is 1. The van der Waals surface area contributed by atoms with Crippen LogP contribution in [0.25, 0.3) is 0 Å². The van der Waals surface area contributed by atoms with Crippen LogP contribution in [-0.4, -0.2) is 23.9 Å². The van der Waals surface area contributed by atoms with Gasteiger partial charge >= 0.3 is 5.97 Å². The summed E-state index contributed by atoms with van der Waals surface area (Å²) in [6.07, 6.45) is 3.46. The van der Waals surface area contributed by atoms with Crippen LogP contribution in [-0.2, 0) is 0 Å². The summed E-state index contributed by atoms with van der Waals surface area (Å²) in [5.74, 6) is 0.764. The summed E-state index contributed by atoms with van der Waals surface area (Å²) in [7, 11) is 1.58. The predicted molar refractivity (Wildman–Crippen MR) is 70.2 cm³/mol. The Balaban J connectivity index is 2.75. The fourth-order valence-corrected chi connectivity index (χ4v) is 2.54. The molecule has 94 valence electrons. The van der Waals surface area contributed by atoms with Gasteiger partial charge in [0.05, 0.1) is 12.7 Å². The SMILES string of the molecule is CCCCCSc1cc(OC)ccc1C(=O)O. The number of aromatic carboxylic acids is 1. The van der Waals surface area contributed by atoms with Gasteiger partial charge in [0.25, 0.3) is 0 Å². The van der Waals surface area contributed by atoms with E-state index >= 15 is 0 Å². The number of methoxy groups -OCH3 is 1. The molecule has 0 saturated heterocycles. The Morgan fingerprint density at radius 1 is 1.41 bits per heavy atom. The number of unbranched alkanes of at least 4 members (excludes halogenated alkanes) is 2. The van der Waals surface area contributed by atoms with Crippen molar-refractivity contribution in [2.75, 3.05) is 12.9 Å². The van der Waals surface area contributed by atoms with Crippen LogP contribution >= 0.6 is 11.8 Å². The minimum absolute atomic E-state index is 0.354. The van der Waals surface area contributed by atoms with E-state index < -0.39 is 5.97 Å². The summed E-state index contributed by atoms with van der Waals surface area (Å²) in [5, 5.41) is 9.08. The number of carboxylic acid groups (broad SMARTS) is 1. The molecule has 17 heavy (non-hydrogen) atoms. The van der Waals surface area contributed by atoms with E-state index in [2.05, 4.69) is 6.92 Å². The van der Waals surface area contributed by atoms with E-state index in [1.165, 1.54) is 12.8 Å². The van der Waals surface area contributed by atoms with E-state index in [0.29, 0.717) is 11.3 Å². The van der Waals surface area contributed by atoms with Crippen molar-refractivity contribution in [3.8, 4) is 5.75 Å². The van der Waals surface area contributed by atoms with E-state index in [1.54, 1.807) is 37.1 Å². The van der Waals surface area contributed by atoms with Gasteiger partial charge in [-0.1, -0.05) is 19.8 Å². The molecule has 0 aliphatic carbocycles. The zero-order chi connectivity index (χ0) is 12.7. The number of ether oxygens (including phenoxy) is 1. The van der Waals surface area contributed by atoms with Crippen LogP contribution in [0.1, 0.15) is 36.5 Å². The molecule has 0 aliphatic rings. The number of carboxylic acids is 1. The van der Waals surface area contributed by atoms with Crippen molar-refractivity contribution >= 4 is 17.7 Å². The van der Waals surface area contributed by atoms with Crippen LogP contribution in [0.3, 0.4) is 0 Å². The van der Waals surface area contributed by atoms with Crippen LogP contribution in [0.5, 0.6) is 5.75 Å². The third-order valence-electron chi connectivity index (χ3n) is 2.42. The average Bonchev–Trinajstić information content (AvgIpc) is 2.34. The van der Waals surface area contributed by atoms with Gasteiger partial charge < -0.3 is 9.84 Å². The molecule has 0 aromatic heterocycles. The molecule has 0 bridgehead atoms. The highest BCUT2D eigenvalue weighted by atomic mass is 32.2. The highest BCUT2D eigenvalue weighted by Crippen LogP contribution is 2.28. The summed E-state index contributed by atoms with van der Waals surface area (Å²) < 4.78 is 5.11. The molecule has 4 heteroatoms. The van der Waals surface area contributed by atoms with E-state index in [4.69, 9.17) is 9.84 Å². The topological polar surface area (TPSA) is 46.5 Å². The molecule has 0 aliphatic heterocycles. The van der Waals surface area contributed by atoms with Crippen LogP contribution in [0.2, 0.25) is 0 Å². The van der Waals surface area contributed by atoms with Crippen molar-refractivity contribution < 1.29 is 14.6 Å². The minimum atomic E-state index is -0.884. The molecular weight excluding hydrogens is 236 g/mol. The Kier molecular flexibility index (Phi) is 5.91. The zero-order valence-electron chi connectivity index (χ0n) is 10.2. The van der Waals surface area contributed by atoms with Crippen molar-refractivity contribution in [3.63, 3.8) is 0 Å². The Hall–Kier alpha value is -1.16. The van der Waals surface area contributed by atoms with Gasteiger partial charge in [-0.25, -0.2) is 4.79 Å². The third-order valence-corrected chi connectivity index (χ3v) is 3.57. The van der Waals surface area contributed by atoms with Crippen LogP contribution in [0, 0.1) is 0 Å². The first-order chi connectivity index (χ1) is 8.19. The number of benzene rings is 1. The first-order valence-corrected chi connectivity index (χ1v) is 6.71. The molecule has 1 rings (SSSR count). The predicted octanol–water partition coefficient (Wildman–Crippen LogP) is 3.68. The number of rotatable bonds is 7. The van der Waals surface area contributed by atoms with Gasteiger partial charge in [-0.05, 0) is 30.4 Å². The Morgan fingerprint density at radius 2 is 2.18 bits per heavy atom. The molecule has 3 nitrogen and oxygen atoms in total. The van der Waals surface area contributed by atoms with Gasteiger partial charge in [-0.15, -0.1) is 11.8 Å². The van der Waals surface area contributed by atoms with Crippen molar-refractivity contribution in [3.05, 3.63) is 23.8 Å². The largest absolute Gasteiger partial charge is 0.497 e. The first kappa shape index (κ1) is 13.9. The quantitative estimate of drug-likeness (QED) is 0.595. The maximum absolute atomic E-state index is 11.1. The molecule has 0 radical (unpaired) electrons. The standard InChI is InChI=1S/C13H18O3S/c1-3-4-5-8-17-12-9-10(16-2)6-7-11(12)13(14)15/h6-7,9H,3-5,8H2,1-2H3,(H,14,15). The molecular formula is C13H18O3S. The van der Waals surface area contributed by atoms with Crippen LogP contribution < -0.4 is 4.74 Å². The van der Waals surface area contributed by atoms with E-state index in [1.807, 2.05) is 0 Å². The lowest BCUT2D eigenvalue weighted by molar-refractivity contribution is 0.0693. The van der Waals surface area contributed by atoms with Crippen LogP contribution in [0.4, 0.5) is 0 Å². The number of thioether (sulfide) groups is 1. The van der Waals surface area contributed by atoms with Gasteiger partial charge in [0.1, 0.15) is 5.75 Å². The summed E-state index contributed by atoms with van der Waals surface area (Å²) in [5.41, 5.74) is 0.354. The van der Waals surface area contributed by atoms with Gasteiger partial charge in [0, 0.05) is 4.90 Å². The van der Waals surface area contributed by atoms with Crippen molar-refractivity contribution in [1.82, 2.24) is 0 Å². The smallest absolute Gasteiger partial charge is 0.336 e. The lowest BCUT2D eigenvalue weighted by atomic mass is 10.2. The summed E-state index contributed by atoms with van der Waals surface area (Å²) >= 11 is 1.58. The maximum Gasteiger partial charge on any atom is 0.336 e. The molecule has 0 heterocycles. The fourth-order valence-electron chi connectivity index (χ4n) is 1.46. The zero-order valence-corrected chi connectivity index (χ0v) is 11.0. The second-order valence-corrected chi connectivity index (χ2v) is 4.86. The minimum Gasteiger partial charge on any atom is -0.497 e. The molecule has 1 aromatic rings. The molecule has 1 aromatic carbocycles. The van der Waals surface area contributed by atoms with E-state index in [0.717, 1.165) is 17.1 Å². The fraction of sp³-hybridized carbons (Fsp3) is 0.462. The first-order valence-electron chi connectivity index (χ1n) is 5.73. The third kappa shape index (κ3) is 4.30. The molecule has 0 spiro atoms. The molecule has 0 unspecified atom stereocenters. The lowest BCUT2D eigenvalue weighted by Gasteiger charge is -2.08. The number of carbonyl (C=O) groups is 1. The Labute approximate surface area is 106 Å². The summed E-state index contributed by atoms with van der Waals surface area (Å²) in [6, 6.07) is 5.07. The highest BCUT2D eigenvalue weighted by Gasteiger charge is 2.11. The van der Waals surface area contributed by atoms with Crippen molar-refractivity contribution in [1.29, 1.82) is 0 Å². The van der Waals surface area contributed by atoms with Gasteiger partial charge in [-0.2, -0.15) is 0 Å². The van der Waals surface area contributed by atoms with E-state index in [-0.39, 0.29) is 0 Å². The Morgan fingerprint density at radius 3 is 2.76 bits per heavy atom. The molecule has 0 fully saturated rings. The van der Waals surface area contributed by atoms with Gasteiger partial charge in [0.2, 0.25) is 0 Å². The van der Waals surface area contributed by atoms with Crippen molar-refractivity contribution in [2.24, 2.45) is 0 Å². The lowest BCUT2D eigenvalue weighted by Crippen LogP contribution is -1.99. The van der Waals surface area contributed by atoms with E-state index in [9.17, 15) is 4.79 Å². The monoisotopic (exact) mass is 254 g/mol. The number of hydrogen-bond acceptors (Lipinski definition) is 3. The molecule has 0 atom stereocenters.